The molecule has 0 fully saturated rings. The molecule has 0 radical (unpaired) electrons. The normalized spacial score (nSPS) is 10.5. The molecule has 78 valence electrons. The number of nitrogens with two attached hydrogens (primary N) is 1. The maximum absolute atomic E-state index is 5.46. The quantitative estimate of drug-likeness (QED) is 0.831. The Morgan fingerprint density at radius 2 is 2.00 bits per heavy atom. The monoisotopic (exact) mass is 202 g/mol. The molecular weight excluding hydrogens is 188 g/mol. The topological polar surface area (TPSA) is 52.0 Å². The highest BCUT2D eigenvalue weighted by molar-refractivity contribution is 5.57. The lowest BCUT2D eigenvalue weighted by Crippen LogP contribution is -1.94. The van der Waals surface area contributed by atoms with E-state index >= 15 is 0 Å². The number of aromatic nitrogens is 1. The lowest BCUT2D eigenvalue weighted by Gasteiger charge is -1.97. The van der Waals surface area contributed by atoms with Gasteiger partial charge in [0, 0.05) is 18.2 Å². The van der Waals surface area contributed by atoms with Crippen molar-refractivity contribution >= 4 is 0 Å². The highest BCUT2D eigenvalue weighted by Gasteiger charge is 2.04. The first-order chi connectivity index (χ1) is 7.33. The molecular formula is C12H14N2O. The zero-order chi connectivity index (χ0) is 10.7. The maximum atomic E-state index is 5.46. The van der Waals surface area contributed by atoms with Gasteiger partial charge in [-0.3, -0.25) is 0 Å². The number of hydrogen-bond donors (Lipinski definition) is 1. The Hall–Kier alpha value is -1.61. The second-order valence-corrected chi connectivity index (χ2v) is 3.44. The van der Waals surface area contributed by atoms with Gasteiger partial charge in [-0.1, -0.05) is 36.3 Å². The highest BCUT2D eigenvalue weighted by Crippen LogP contribution is 2.20. The molecule has 2 aromatic rings. The molecule has 0 spiro atoms. The van der Waals surface area contributed by atoms with E-state index in [1.807, 2.05) is 18.2 Å². The van der Waals surface area contributed by atoms with E-state index in [9.17, 15) is 0 Å². The van der Waals surface area contributed by atoms with Crippen molar-refractivity contribution in [3.8, 4) is 11.3 Å². The van der Waals surface area contributed by atoms with E-state index in [4.69, 9.17) is 10.3 Å². The van der Waals surface area contributed by atoms with Crippen LogP contribution in [-0.4, -0.2) is 5.16 Å². The van der Waals surface area contributed by atoms with Crippen LogP contribution in [0.3, 0.4) is 0 Å². The van der Waals surface area contributed by atoms with Crippen LogP contribution in [0.5, 0.6) is 0 Å². The van der Waals surface area contributed by atoms with Crippen molar-refractivity contribution in [2.24, 2.45) is 5.73 Å². The average Bonchev–Trinajstić information content (AvgIpc) is 2.78. The van der Waals surface area contributed by atoms with Crippen molar-refractivity contribution in [1.82, 2.24) is 5.16 Å². The Kier molecular flexibility index (Phi) is 2.83. The van der Waals surface area contributed by atoms with Gasteiger partial charge in [0.25, 0.3) is 0 Å². The number of benzene rings is 1. The van der Waals surface area contributed by atoms with Gasteiger partial charge in [-0.2, -0.15) is 0 Å². The average molecular weight is 202 g/mol. The minimum atomic E-state index is 0.413. The van der Waals surface area contributed by atoms with Crippen molar-refractivity contribution in [2.75, 3.05) is 0 Å². The van der Waals surface area contributed by atoms with Crippen LogP contribution < -0.4 is 5.73 Å². The largest absolute Gasteiger partial charge is 0.356 e. The Morgan fingerprint density at radius 3 is 2.53 bits per heavy atom. The minimum Gasteiger partial charge on any atom is -0.356 e. The number of hydrogen-bond acceptors (Lipinski definition) is 3. The van der Waals surface area contributed by atoms with E-state index in [1.165, 1.54) is 5.56 Å². The molecule has 15 heavy (non-hydrogen) atoms. The lowest BCUT2D eigenvalue weighted by atomic mass is 10.1. The third-order valence-electron chi connectivity index (χ3n) is 2.41. The molecule has 0 aliphatic carbocycles. The van der Waals surface area contributed by atoms with Gasteiger partial charge in [0.1, 0.15) is 0 Å². The Morgan fingerprint density at radius 1 is 1.27 bits per heavy atom. The summed E-state index contributed by atoms with van der Waals surface area (Å²) in [5.74, 6) is 0.776. The van der Waals surface area contributed by atoms with Crippen LogP contribution in [0.2, 0.25) is 0 Å². The van der Waals surface area contributed by atoms with E-state index in [1.54, 1.807) is 0 Å². The standard InChI is InChI=1S/C12H14N2O/c1-2-9-3-5-10(6-4-9)12-7-11(8-13)14-15-12/h3-7H,2,8,13H2,1H3. The summed E-state index contributed by atoms with van der Waals surface area (Å²) >= 11 is 0. The molecule has 0 saturated carbocycles. The van der Waals surface area contributed by atoms with Crippen LogP contribution >= 0.6 is 0 Å². The van der Waals surface area contributed by atoms with Crippen LogP contribution in [0.4, 0.5) is 0 Å². The number of nitrogens with zero attached hydrogens (tertiary/aromatic N) is 1. The summed E-state index contributed by atoms with van der Waals surface area (Å²) < 4.78 is 5.19. The summed E-state index contributed by atoms with van der Waals surface area (Å²) in [4.78, 5) is 0. The van der Waals surface area contributed by atoms with Gasteiger partial charge < -0.3 is 10.3 Å². The van der Waals surface area contributed by atoms with Gasteiger partial charge in [-0.05, 0) is 12.0 Å². The Balaban J connectivity index is 2.28. The van der Waals surface area contributed by atoms with E-state index in [-0.39, 0.29) is 0 Å². The molecule has 1 aromatic carbocycles. The molecule has 0 saturated heterocycles. The summed E-state index contributed by atoms with van der Waals surface area (Å²) in [7, 11) is 0. The minimum absolute atomic E-state index is 0.413. The molecule has 0 aliphatic rings. The van der Waals surface area contributed by atoms with Crippen LogP contribution in [0.25, 0.3) is 11.3 Å². The fourth-order valence-corrected chi connectivity index (χ4v) is 1.45. The second-order valence-electron chi connectivity index (χ2n) is 3.44. The van der Waals surface area contributed by atoms with Crippen molar-refractivity contribution < 1.29 is 4.52 Å². The summed E-state index contributed by atoms with van der Waals surface area (Å²) in [6, 6.07) is 10.2. The predicted molar refractivity (Wildman–Crippen MR) is 59.2 cm³/mol. The van der Waals surface area contributed by atoms with Crippen molar-refractivity contribution in [3.05, 3.63) is 41.6 Å². The molecule has 0 atom stereocenters. The molecule has 2 rings (SSSR count). The summed E-state index contributed by atoms with van der Waals surface area (Å²) in [5, 5.41) is 3.85. The van der Waals surface area contributed by atoms with Crippen LogP contribution in [-0.2, 0) is 13.0 Å². The van der Waals surface area contributed by atoms with Crippen LogP contribution in [0, 0.1) is 0 Å². The van der Waals surface area contributed by atoms with Crippen LogP contribution in [0.1, 0.15) is 18.2 Å². The summed E-state index contributed by atoms with van der Waals surface area (Å²) in [5.41, 5.74) is 8.60. The number of aryl methyl sites for hydroxylation is 1. The number of rotatable bonds is 3. The van der Waals surface area contributed by atoms with Gasteiger partial charge in [0.05, 0.1) is 5.69 Å². The zero-order valence-electron chi connectivity index (χ0n) is 8.73. The molecule has 2 N–H and O–H groups in total. The SMILES string of the molecule is CCc1ccc(-c2cc(CN)no2)cc1. The lowest BCUT2D eigenvalue weighted by molar-refractivity contribution is 0.424. The fraction of sp³-hybridized carbons (Fsp3) is 0.250. The van der Waals surface area contributed by atoms with E-state index < -0.39 is 0 Å². The summed E-state index contributed by atoms with van der Waals surface area (Å²) in [6.07, 6.45) is 1.05. The first kappa shape index (κ1) is 9.93. The summed E-state index contributed by atoms with van der Waals surface area (Å²) in [6.45, 7) is 2.55. The van der Waals surface area contributed by atoms with Crippen LogP contribution in [0.15, 0.2) is 34.9 Å². The van der Waals surface area contributed by atoms with Crippen molar-refractivity contribution in [3.63, 3.8) is 0 Å². The third kappa shape index (κ3) is 2.07. The Labute approximate surface area is 88.9 Å². The van der Waals surface area contributed by atoms with Gasteiger partial charge in [0.15, 0.2) is 5.76 Å². The molecule has 0 bridgehead atoms. The predicted octanol–water partition coefficient (Wildman–Crippen LogP) is 2.36. The first-order valence-electron chi connectivity index (χ1n) is 5.08. The van der Waals surface area contributed by atoms with E-state index in [0.29, 0.717) is 6.54 Å². The van der Waals surface area contributed by atoms with Crippen molar-refractivity contribution in [2.45, 2.75) is 19.9 Å². The highest BCUT2D eigenvalue weighted by atomic mass is 16.5. The second kappa shape index (κ2) is 4.28. The third-order valence-corrected chi connectivity index (χ3v) is 2.41. The van der Waals surface area contributed by atoms with Gasteiger partial charge in [-0.15, -0.1) is 0 Å². The van der Waals surface area contributed by atoms with E-state index in [0.717, 1.165) is 23.4 Å². The molecule has 1 aromatic heterocycles. The van der Waals surface area contributed by atoms with Gasteiger partial charge in [0.2, 0.25) is 0 Å². The smallest absolute Gasteiger partial charge is 0.167 e. The van der Waals surface area contributed by atoms with Gasteiger partial charge >= 0.3 is 0 Å². The molecule has 1 heterocycles. The zero-order valence-corrected chi connectivity index (χ0v) is 8.73. The van der Waals surface area contributed by atoms with E-state index in [2.05, 4.69) is 24.2 Å². The molecule has 0 aliphatic heterocycles. The molecule has 3 nitrogen and oxygen atoms in total. The molecule has 0 unspecified atom stereocenters. The fourth-order valence-electron chi connectivity index (χ4n) is 1.45. The molecule has 0 amide bonds. The maximum Gasteiger partial charge on any atom is 0.167 e. The first-order valence-corrected chi connectivity index (χ1v) is 5.08. The Bertz CT molecular complexity index is 431. The van der Waals surface area contributed by atoms with Gasteiger partial charge in [-0.25, -0.2) is 0 Å². The van der Waals surface area contributed by atoms with Crippen molar-refractivity contribution in [1.29, 1.82) is 0 Å². The molecule has 3 heteroatoms.